The minimum absolute atomic E-state index is 0.0258. The number of H-pyrrole nitrogens is 1. The van der Waals surface area contributed by atoms with E-state index in [1.54, 1.807) is 29.3 Å². The zero-order valence-electron chi connectivity index (χ0n) is 16.2. The quantitative estimate of drug-likeness (QED) is 0.791. The number of amides is 1. The molecule has 0 bridgehead atoms. The number of carbonyl (C=O) groups is 1. The Morgan fingerprint density at radius 3 is 2.79 bits per heavy atom. The molecule has 1 atom stereocenters. The number of piperidine rings is 1. The number of pyridine rings is 1. The predicted octanol–water partition coefficient (Wildman–Crippen LogP) is 0.850. The van der Waals surface area contributed by atoms with Gasteiger partial charge in [0.25, 0.3) is 11.5 Å². The molecule has 0 aliphatic carbocycles. The summed E-state index contributed by atoms with van der Waals surface area (Å²) in [5.41, 5.74) is 1.01. The van der Waals surface area contributed by atoms with Gasteiger partial charge in [-0.1, -0.05) is 6.07 Å². The molecule has 2 aromatic rings. The molecule has 1 amide bonds. The lowest BCUT2D eigenvalue weighted by atomic mass is 10.00. The van der Waals surface area contributed by atoms with Crippen LogP contribution in [-0.2, 0) is 23.0 Å². The molecule has 0 spiro atoms. The van der Waals surface area contributed by atoms with E-state index in [4.69, 9.17) is 0 Å². The lowest BCUT2D eigenvalue weighted by Gasteiger charge is -2.35. The molecule has 9 nitrogen and oxygen atoms in total. The van der Waals surface area contributed by atoms with E-state index in [1.165, 1.54) is 4.31 Å². The molecule has 29 heavy (non-hydrogen) atoms. The van der Waals surface area contributed by atoms with Gasteiger partial charge in [-0.25, -0.2) is 13.4 Å². The largest absolute Gasteiger partial charge is 0.327 e. The second-order valence-corrected chi connectivity index (χ2v) is 9.43. The van der Waals surface area contributed by atoms with Gasteiger partial charge in [0.15, 0.2) is 0 Å². The van der Waals surface area contributed by atoms with Crippen molar-refractivity contribution in [3.8, 4) is 0 Å². The maximum Gasteiger partial charge on any atom is 0.273 e. The van der Waals surface area contributed by atoms with Gasteiger partial charge in [0.05, 0.1) is 23.6 Å². The highest BCUT2D eigenvalue weighted by Gasteiger charge is 2.33. The van der Waals surface area contributed by atoms with E-state index in [-0.39, 0.29) is 24.1 Å². The van der Waals surface area contributed by atoms with E-state index in [0.29, 0.717) is 48.7 Å². The van der Waals surface area contributed by atoms with Crippen molar-refractivity contribution >= 4 is 15.9 Å². The maximum absolute atomic E-state index is 13.0. The Bertz CT molecular complexity index is 1080. The van der Waals surface area contributed by atoms with Crippen molar-refractivity contribution in [1.82, 2.24) is 24.2 Å². The lowest BCUT2D eigenvalue weighted by molar-refractivity contribution is 0.0592. The zero-order chi connectivity index (χ0) is 20.6. The van der Waals surface area contributed by atoms with Gasteiger partial charge in [0.1, 0.15) is 11.5 Å². The Kier molecular flexibility index (Phi) is 5.22. The zero-order valence-corrected chi connectivity index (χ0v) is 17.0. The normalized spacial score (nSPS) is 20.3. The van der Waals surface area contributed by atoms with Crippen LogP contribution in [0.5, 0.6) is 0 Å². The molecular formula is C19H23N5O4S. The average molecular weight is 417 g/mol. The average Bonchev–Trinajstić information content (AvgIpc) is 2.73. The van der Waals surface area contributed by atoms with E-state index < -0.39 is 10.0 Å². The highest BCUT2D eigenvalue weighted by molar-refractivity contribution is 7.88. The van der Waals surface area contributed by atoms with Gasteiger partial charge in [0.2, 0.25) is 10.0 Å². The van der Waals surface area contributed by atoms with Crippen molar-refractivity contribution in [1.29, 1.82) is 0 Å². The molecule has 2 aromatic heterocycles. The molecule has 4 heterocycles. The number of nitrogens with one attached hydrogen (secondary N) is 1. The summed E-state index contributed by atoms with van der Waals surface area (Å²) >= 11 is 0. The fourth-order valence-corrected chi connectivity index (χ4v) is 4.74. The standard InChI is InChI=1S/C19H23N5O4S/c1-29(27,28)23-11-8-14-13(12-23)18(25)22-17(21-14)16-7-3-5-10-24(16)19(26)15-6-2-4-9-20-15/h2,4,6,9,16H,3,5,7-8,10-12H2,1H3,(H,21,22,25)/t16-/m1/s1. The number of aromatic amines is 1. The molecule has 1 N–H and O–H groups in total. The van der Waals surface area contributed by atoms with E-state index in [1.807, 2.05) is 0 Å². The molecule has 2 aliphatic heterocycles. The number of hydrogen-bond acceptors (Lipinski definition) is 6. The highest BCUT2D eigenvalue weighted by Crippen LogP contribution is 2.30. The van der Waals surface area contributed by atoms with Crippen LogP contribution in [0, 0.1) is 0 Å². The Morgan fingerprint density at radius 2 is 2.07 bits per heavy atom. The molecule has 2 aliphatic rings. The maximum atomic E-state index is 13.0. The number of fused-ring (bicyclic) bond motifs is 1. The van der Waals surface area contributed by atoms with Crippen LogP contribution in [0.15, 0.2) is 29.2 Å². The highest BCUT2D eigenvalue weighted by atomic mass is 32.2. The van der Waals surface area contributed by atoms with Gasteiger partial charge in [-0.2, -0.15) is 4.31 Å². The first-order valence-electron chi connectivity index (χ1n) is 9.63. The smallest absolute Gasteiger partial charge is 0.273 e. The molecule has 10 heteroatoms. The summed E-state index contributed by atoms with van der Waals surface area (Å²) in [6.45, 7) is 0.893. The SMILES string of the molecule is CS(=O)(=O)N1CCc2nc([C@H]3CCCCN3C(=O)c3ccccn3)[nH]c(=O)c2C1. The Balaban J connectivity index is 1.66. The third-order valence-electron chi connectivity index (χ3n) is 5.48. The number of likely N-dealkylation sites (tertiary alicyclic amines) is 1. The molecule has 0 radical (unpaired) electrons. The Hall–Kier alpha value is -2.59. The van der Waals surface area contributed by atoms with Crippen molar-refractivity contribution in [3.63, 3.8) is 0 Å². The van der Waals surface area contributed by atoms with E-state index in [9.17, 15) is 18.0 Å². The third-order valence-corrected chi connectivity index (χ3v) is 6.73. The summed E-state index contributed by atoms with van der Waals surface area (Å²) in [4.78, 5) is 39.0. The minimum Gasteiger partial charge on any atom is -0.327 e. The van der Waals surface area contributed by atoms with Crippen LogP contribution in [0.4, 0.5) is 0 Å². The van der Waals surface area contributed by atoms with Crippen LogP contribution >= 0.6 is 0 Å². The van der Waals surface area contributed by atoms with Gasteiger partial charge < -0.3 is 9.88 Å². The Labute approximate surface area is 168 Å². The molecule has 0 saturated carbocycles. The summed E-state index contributed by atoms with van der Waals surface area (Å²) in [5.74, 6) is 0.282. The molecule has 0 aromatic carbocycles. The van der Waals surface area contributed by atoms with Gasteiger partial charge in [-0.3, -0.25) is 14.6 Å². The molecule has 1 fully saturated rings. The molecule has 154 valence electrons. The van der Waals surface area contributed by atoms with Crippen LogP contribution < -0.4 is 5.56 Å². The summed E-state index contributed by atoms with van der Waals surface area (Å²) in [7, 11) is -3.37. The van der Waals surface area contributed by atoms with Gasteiger partial charge in [-0.05, 0) is 31.4 Å². The second kappa shape index (κ2) is 7.68. The van der Waals surface area contributed by atoms with E-state index >= 15 is 0 Å². The second-order valence-electron chi connectivity index (χ2n) is 7.45. The van der Waals surface area contributed by atoms with Gasteiger partial charge in [-0.15, -0.1) is 0 Å². The topological polar surface area (TPSA) is 116 Å². The number of hydrogen-bond donors (Lipinski definition) is 1. The van der Waals surface area contributed by atoms with Crippen molar-refractivity contribution < 1.29 is 13.2 Å². The van der Waals surface area contributed by atoms with Crippen LogP contribution in [0.25, 0.3) is 0 Å². The number of sulfonamides is 1. The van der Waals surface area contributed by atoms with Crippen LogP contribution in [-0.4, -0.2) is 57.8 Å². The van der Waals surface area contributed by atoms with Crippen molar-refractivity contribution in [2.24, 2.45) is 0 Å². The Morgan fingerprint density at radius 1 is 1.24 bits per heavy atom. The molecule has 4 rings (SSSR count). The molecule has 0 unspecified atom stereocenters. The molecule has 1 saturated heterocycles. The van der Waals surface area contributed by atoms with Crippen LogP contribution in [0.2, 0.25) is 0 Å². The van der Waals surface area contributed by atoms with Crippen LogP contribution in [0.1, 0.15) is 52.9 Å². The number of nitrogens with zero attached hydrogens (tertiary/aromatic N) is 4. The summed E-state index contributed by atoms with van der Waals surface area (Å²) in [5, 5.41) is 0. The first-order valence-corrected chi connectivity index (χ1v) is 11.5. The first kappa shape index (κ1) is 19.7. The van der Waals surface area contributed by atoms with Gasteiger partial charge >= 0.3 is 0 Å². The van der Waals surface area contributed by atoms with E-state index in [0.717, 1.165) is 19.1 Å². The van der Waals surface area contributed by atoms with Gasteiger partial charge in [0, 0.05) is 32.3 Å². The minimum atomic E-state index is -3.37. The first-order chi connectivity index (χ1) is 13.8. The van der Waals surface area contributed by atoms with Crippen molar-refractivity contribution in [3.05, 3.63) is 57.5 Å². The molecular weight excluding hydrogens is 394 g/mol. The fourth-order valence-electron chi connectivity index (χ4n) is 3.96. The predicted molar refractivity (Wildman–Crippen MR) is 106 cm³/mol. The number of carbonyl (C=O) groups excluding carboxylic acids is 1. The van der Waals surface area contributed by atoms with Crippen molar-refractivity contribution in [2.45, 2.75) is 38.3 Å². The third kappa shape index (κ3) is 3.95. The lowest BCUT2D eigenvalue weighted by Crippen LogP contribution is -2.42. The van der Waals surface area contributed by atoms with Crippen molar-refractivity contribution in [2.75, 3.05) is 19.3 Å². The summed E-state index contributed by atoms with van der Waals surface area (Å²) < 4.78 is 24.9. The number of aromatic nitrogens is 3. The number of rotatable bonds is 3. The summed E-state index contributed by atoms with van der Waals surface area (Å²) in [6.07, 6.45) is 5.61. The van der Waals surface area contributed by atoms with E-state index in [2.05, 4.69) is 15.0 Å². The monoisotopic (exact) mass is 417 g/mol. The fraction of sp³-hybridized carbons (Fsp3) is 0.474. The summed E-state index contributed by atoms with van der Waals surface area (Å²) in [6, 6.07) is 4.87. The van der Waals surface area contributed by atoms with Crippen LogP contribution in [0.3, 0.4) is 0 Å².